The van der Waals surface area contributed by atoms with Gasteiger partial charge in [-0.1, -0.05) is 19.3 Å². The van der Waals surface area contributed by atoms with Crippen molar-refractivity contribution in [1.29, 1.82) is 0 Å². The summed E-state index contributed by atoms with van der Waals surface area (Å²) in [5, 5.41) is 15.7. The Morgan fingerprint density at radius 1 is 1.16 bits per heavy atom. The van der Waals surface area contributed by atoms with Crippen molar-refractivity contribution in [3.8, 4) is 0 Å². The second-order valence-electron chi connectivity index (χ2n) is 10.1. The third-order valence-electron chi connectivity index (χ3n) is 6.36. The van der Waals surface area contributed by atoms with Gasteiger partial charge in [0.05, 0.1) is 5.94 Å². The van der Waals surface area contributed by atoms with E-state index in [0.29, 0.717) is 26.0 Å². The summed E-state index contributed by atoms with van der Waals surface area (Å²) in [5.41, 5.74) is -0.670. The molecule has 10 heteroatoms. The summed E-state index contributed by atoms with van der Waals surface area (Å²) in [6, 6.07) is -1.39. The zero-order valence-corrected chi connectivity index (χ0v) is 19.5. The second kappa shape index (κ2) is 10.9. The normalized spacial score (nSPS) is 25.9. The second-order valence-corrected chi connectivity index (χ2v) is 10.1. The van der Waals surface area contributed by atoms with Gasteiger partial charge in [-0.3, -0.25) is 9.59 Å². The van der Waals surface area contributed by atoms with Crippen molar-refractivity contribution >= 4 is 25.0 Å². The van der Waals surface area contributed by atoms with Crippen LogP contribution in [0.4, 0.5) is 4.79 Å². The van der Waals surface area contributed by atoms with Crippen LogP contribution in [0.3, 0.4) is 0 Å². The van der Waals surface area contributed by atoms with E-state index in [-0.39, 0.29) is 17.7 Å². The monoisotopic (exact) mass is 450 g/mol. The number of hydrogen-bond acceptors (Lipinski definition) is 6. The van der Waals surface area contributed by atoms with Gasteiger partial charge in [0, 0.05) is 13.2 Å². The number of carbonyl (C=O) groups excluding carboxylic acids is 3. The molecule has 1 saturated carbocycles. The van der Waals surface area contributed by atoms with Gasteiger partial charge in [-0.25, -0.2) is 4.79 Å². The summed E-state index contributed by atoms with van der Waals surface area (Å²) in [5.74, 6) is -1.03. The van der Waals surface area contributed by atoms with E-state index in [1.54, 1.807) is 25.7 Å². The summed E-state index contributed by atoms with van der Waals surface area (Å²) in [6.45, 7) is 6.16. The summed E-state index contributed by atoms with van der Waals surface area (Å²) in [4.78, 5) is 40.6. The molecule has 2 heterocycles. The predicted octanol–water partition coefficient (Wildman–Crippen LogP) is 1.58. The van der Waals surface area contributed by atoms with Gasteiger partial charge in [-0.2, -0.15) is 0 Å². The van der Waals surface area contributed by atoms with E-state index in [1.807, 2.05) is 6.42 Å². The molecule has 0 bridgehead atoms. The first-order valence-corrected chi connectivity index (χ1v) is 11.9. The zero-order chi connectivity index (χ0) is 23.3. The zero-order valence-electron chi connectivity index (χ0n) is 19.5. The molecule has 0 spiro atoms. The molecule has 3 fully saturated rings. The number of alkyl carbamates (subject to hydrolysis) is 1. The third-order valence-corrected chi connectivity index (χ3v) is 6.36. The number of nitrogens with zero attached hydrogens (tertiary/aromatic N) is 1. The Bertz CT molecular complexity index is 679. The van der Waals surface area contributed by atoms with Crippen LogP contribution >= 0.6 is 0 Å². The lowest BCUT2D eigenvalue weighted by Crippen LogP contribution is -2.59. The quantitative estimate of drug-likeness (QED) is 0.548. The van der Waals surface area contributed by atoms with Gasteiger partial charge >= 0.3 is 13.2 Å². The number of likely N-dealkylation sites (tertiary alicyclic amines) is 1. The maximum atomic E-state index is 13.6. The van der Waals surface area contributed by atoms with Crippen molar-refractivity contribution in [1.82, 2.24) is 15.5 Å². The summed E-state index contributed by atoms with van der Waals surface area (Å²) in [6.07, 6.45) is 7.96. The molecule has 1 aliphatic carbocycles. The SMILES string of the molecule is CC(C)(C)OC(=O)N[C@H](C(=O)N1C[CH]C[C@H]1C(=O)N[C@H]1CCCOB1O)C1CCCCC1. The number of rotatable bonds is 5. The smallest absolute Gasteiger partial charge is 0.444 e. The molecular formula is C22H37BN3O6. The Labute approximate surface area is 191 Å². The third kappa shape index (κ3) is 6.60. The van der Waals surface area contributed by atoms with Crippen molar-refractivity contribution < 1.29 is 28.8 Å². The van der Waals surface area contributed by atoms with Crippen LogP contribution < -0.4 is 10.6 Å². The Morgan fingerprint density at radius 2 is 1.88 bits per heavy atom. The fourth-order valence-corrected chi connectivity index (χ4v) is 4.77. The maximum absolute atomic E-state index is 13.6. The van der Waals surface area contributed by atoms with Gasteiger partial charge in [0.1, 0.15) is 17.7 Å². The van der Waals surface area contributed by atoms with Gasteiger partial charge in [-0.15, -0.1) is 0 Å². The van der Waals surface area contributed by atoms with E-state index < -0.39 is 36.8 Å². The molecule has 3 aliphatic rings. The fourth-order valence-electron chi connectivity index (χ4n) is 4.77. The Balaban J connectivity index is 1.70. The molecule has 2 aliphatic heterocycles. The average Bonchev–Trinajstić information content (AvgIpc) is 3.23. The number of nitrogens with one attached hydrogen (secondary N) is 2. The molecule has 0 aromatic rings. The minimum Gasteiger partial charge on any atom is -0.444 e. The van der Waals surface area contributed by atoms with Gasteiger partial charge in [0.15, 0.2) is 0 Å². The first-order chi connectivity index (χ1) is 15.2. The maximum Gasteiger partial charge on any atom is 0.478 e. The highest BCUT2D eigenvalue weighted by Gasteiger charge is 2.42. The van der Waals surface area contributed by atoms with E-state index in [4.69, 9.17) is 9.39 Å². The van der Waals surface area contributed by atoms with Crippen LogP contribution in [-0.2, 0) is 19.0 Å². The summed E-state index contributed by atoms with van der Waals surface area (Å²) < 4.78 is 10.6. The Morgan fingerprint density at radius 3 is 2.53 bits per heavy atom. The molecule has 3 N–H and O–H groups in total. The van der Waals surface area contributed by atoms with Crippen molar-refractivity contribution in [3.63, 3.8) is 0 Å². The van der Waals surface area contributed by atoms with Crippen molar-refractivity contribution in [2.75, 3.05) is 13.2 Å². The van der Waals surface area contributed by atoms with Gasteiger partial charge in [0.25, 0.3) is 0 Å². The molecule has 2 saturated heterocycles. The summed E-state index contributed by atoms with van der Waals surface area (Å²) in [7, 11) is -1.04. The minimum absolute atomic E-state index is 0.0154. The Hall–Kier alpha value is -1.81. The molecule has 3 atom stereocenters. The van der Waals surface area contributed by atoms with Crippen LogP contribution in [0.1, 0.15) is 72.1 Å². The highest BCUT2D eigenvalue weighted by atomic mass is 16.6. The predicted molar refractivity (Wildman–Crippen MR) is 119 cm³/mol. The van der Waals surface area contributed by atoms with Crippen molar-refractivity contribution in [2.45, 2.75) is 95.8 Å². The number of ether oxygens (including phenoxy) is 1. The molecule has 0 unspecified atom stereocenters. The van der Waals surface area contributed by atoms with E-state index in [0.717, 1.165) is 38.5 Å². The topological polar surface area (TPSA) is 117 Å². The average molecular weight is 450 g/mol. The van der Waals surface area contributed by atoms with Crippen molar-refractivity contribution in [2.24, 2.45) is 5.92 Å². The molecular weight excluding hydrogens is 413 g/mol. The first-order valence-electron chi connectivity index (χ1n) is 11.9. The standard InChI is InChI=1S/C22H37BN3O6/c1-22(2,3)32-21(29)25-18(15-9-5-4-6-10-15)20(28)26-13-7-11-16(26)19(27)24-17-12-8-14-31-23(17)30/h7,15-18,30H,4-6,8-14H2,1-3H3,(H,24,27)(H,25,29)/t16-,17-,18-/m0/s1. The van der Waals surface area contributed by atoms with Crippen LogP contribution in [0.15, 0.2) is 0 Å². The molecule has 0 aromatic heterocycles. The van der Waals surface area contributed by atoms with E-state index in [9.17, 15) is 19.4 Å². The molecule has 179 valence electrons. The fraction of sp³-hybridized carbons (Fsp3) is 0.818. The van der Waals surface area contributed by atoms with Gasteiger partial charge < -0.3 is 29.9 Å². The van der Waals surface area contributed by atoms with Crippen molar-refractivity contribution in [3.05, 3.63) is 6.42 Å². The lowest BCUT2D eigenvalue weighted by molar-refractivity contribution is -0.141. The lowest BCUT2D eigenvalue weighted by Gasteiger charge is -2.35. The van der Waals surface area contributed by atoms with Gasteiger partial charge in [0.2, 0.25) is 11.8 Å². The molecule has 9 nitrogen and oxygen atoms in total. The number of hydrogen-bond donors (Lipinski definition) is 3. The van der Waals surface area contributed by atoms with E-state index >= 15 is 0 Å². The highest BCUT2D eigenvalue weighted by Crippen LogP contribution is 2.29. The first kappa shape index (κ1) is 24.8. The molecule has 3 rings (SSSR count). The van der Waals surface area contributed by atoms with Crippen LogP contribution in [0.5, 0.6) is 0 Å². The van der Waals surface area contributed by atoms with Crippen LogP contribution in [0, 0.1) is 12.3 Å². The molecule has 0 aromatic carbocycles. The molecule has 1 radical (unpaired) electrons. The Kier molecular flexibility index (Phi) is 8.44. The number of carbonyl (C=O) groups is 3. The molecule has 3 amide bonds. The lowest BCUT2D eigenvalue weighted by atomic mass is 9.74. The van der Waals surface area contributed by atoms with E-state index in [2.05, 4.69) is 10.6 Å². The van der Waals surface area contributed by atoms with Crippen LogP contribution in [0.25, 0.3) is 0 Å². The highest BCUT2D eigenvalue weighted by molar-refractivity contribution is 6.45. The minimum atomic E-state index is -1.04. The van der Waals surface area contributed by atoms with Crippen LogP contribution in [-0.4, -0.2) is 71.7 Å². The number of amides is 3. The largest absolute Gasteiger partial charge is 0.478 e. The van der Waals surface area contributed by atoms with Gasteiger partial charge in [-0.05, 0) is 65.2 Å². The van der Waals surface area contributed by atoms with Crippen LogP contribution in [0.2, 0.25) is 0 Å². The molecule has 32 heavy (non-hydrogen) atoms. The summed E-state index contributed by atoms with van der Waals surface area (Å²) >= 11 is 0. The van der Waals surface area contributed by atoms with E-state index in [1.165, 1.54) is 0 Å².